The van der Waals surface area contributed by atoms with Gasteiger partial charge >= 0.3 is 12.2 Å². The Morgan fingerprint density at radius 2 is 1.92 bits per heavy atom. The van der Waals surface area contributed by atoms with Crippen molar-refractivity contribution in [2.75, 3.05) is 26.2 Å². The molecule has 1 atom stereocenters. The van der Waals surface area contributed by atoms with E-state index in [0.29, 0.717) is 40.7 Å². The van der Waals surface area contributed by atoms with E-state index in [0.717, 1.165) is 0 Å². The highest BCUT2D eigenvalue weighted by Gasteiger charge is 2.41. The van der Waals surface area contributed by atoms with E-state index < -0.39 is 39.7 Å². The number of fused-ring (bicyclic) bond motifs is 2. The Kier molecular flexibility index (Phi) is 6.03. The van der Waals surface area contributed by atoms with Crippen molar-refractivity contribution in [3.8, 4) is 11.1 Å². The summed E-state index contributed by atoms with van der Waals surface area (Å²) in [6, 6.07) is 8.75. The molecule has 1 saturated heterocycles. The second-order valence-electron chi connectivity index (χ2n) is 10.2. The number of ether oxygens (including phenoxy) is 2. The predicted molar refractivity (Wildman–Crippen MR) is 134 cm³/mol. The Balaban J connectivity index is 1.52. The molecule has 1 fully saturated rings. The van der Waals surface area contributed by atoms with Crippen molar-refractivity contribution in [3.05, 3.63) is 54.0 Å². The first-order valence-electron chi connectivity index (χ1n) is 12.0. The molecule has 2 aromatic carbocycles. The molecule has 3 heterocycles. The highest BCUT2D eigenvalue weighted by molar-refractivity contribution is 7.89. The lowest BCUT2D eigenvalue weighted by Gasteiger charge is -2.22. The van der Waals surface area contributed by atoms with Crippen molar-refractivity contribution in [1.29, 1.82) is 0 Å². The lowest BCUT2D eigenvalue weighted by molar-refractivity contribution is 0.0544. The second kappa shape index (κ2) is 8.84. The summed E-state index contributed by atoms with van der Waals surface area (Å²) in [5.41, 5.74) is 1.55. The minimum absolute atomic E-state index is 0.139. The van der Waals surface area contributed by atoms with Crippen LogP contribution in [0.1, 0.15) is 39.3 Å². The Bertz CT molecular complexity index is 1530. The van der Waals surface area contributed by atoms with Crippen LogP contribution in [0, 0.1) is 5.82 Å². The van der Waals surface area contributed by atoms with Crippen molar-refractivity contribution in [2.24, 2.45) is 0 Å². The third kappa shape index (κ3) is 4.46. The largest absolute Gasteiger partial charge is 0.448 e. The van der Waals surface area contributed by atoms with E-state index in [1.54, 1.807) is 58.2 Å². The van der Waals surface area contributed by atoms with Crippen molar-refractivity contribution in [3.63, 3.8) is 0 Å². The minimum Gasteiger partial charge on any atom is -0.448 e. The minimum atomic E-state index is -3.75. The van der Waals surface area contributed by atoms with Gasteiger partial charge in [0.1, 0.15) is 18.0 Å². The van der Waals surface area contributed by atoms with Crippen LogP contribution in [0.15, 0.2) is 47.5 Å². The molecule has 5 rings (SSSR count). The van der Waals surface area contributed by atoms with Crippen LogP contribution in [0.25, 0.3) is 22.0 Å². The smallest absolute Gasteiger partial charge is 0.419 e. The standard InChI is InChI=1S/C26H28FN3O6S/c1-16-20-13-17(5-8-23(20)37(33,34)30(16)10-9-28-11-12-35-24(28)31)21-15-29(25(32)36-26(2,3)4)22-14-18(27)6-7-19(21)22/h5-8,13-16H,9-12H2,1-4H3. The number of hydrogen-bond donors (Lipinski definition) is 0. The van der Waals surface area contributed by atoms with Crippen LogP contribution in [0.5, 0.6) is 0 Å². The number of rotatable bonds is 4. The van der Waals surface area contributed by atoms with Gasteiger partial charge in [-0.2, -0.15) is 4.31 Å². The van der Waals surface area contributed by atoms with E-state index in [9.17, 15) is 22.4 Å². The van der Waals surface area contributed by atoms with Crippen molar-refractivity contribution >= 4 is 33.1 Å². The number of carbonyl (C=O) groups excluding carboxylic acids is 2. The zero-order chi connectivity index (χ0) is 26.7. The van der Waals surface area contributed by atoms with Crippen LogP contribution in [0.3, 0.4) is 0 Å². The Labute approximate surface area is 214 Å². The summed E-state index contributed by atoms with van der Waals surface area (Å²) in [7, 11) is -3.75. The van der Waals surface area contributed by atoms with E-state index in [1.165, 1.54) is 25.9 Å². The van der Waals surface area contributed by atoms with Gasteiger partial charge in [-0.25, -0.2) is 22.4 Å². The topological polar surface area (TPSA) is 98.2 Å². The van der Waals surface area contributed by atoms with Crippen LogP contribution in [-0.4, -0.2) is 66.2 Å². The molecule has 0 saturated carbocycles. The molecule has 2 aliphatic rings. The first-order valence-corrected chi connectivity index (χ1v) is 13.4. The van der Waals surface area contributed by atoms with E-state index in [1.807, 2.05) is 0 Å². The molecule has 0 N–H and O–H groups in total. The molecule has 1 unspecified atom stereocenters. The molecule has 2 aliphatic heterocycles. The third-order valence-electron chi connectivity index (χ3n) is 6.58. The van der Waals surface area contributed by atoms with Gasteiger partial charge in [0.15, 0.2) is 0 Å². The summed E-state index contributed by atoms with van der Waals surface area (Å²) in [5.74, 6) is -0.492. The average Bonchev–Trinajstić information content (AvgIpc) is 3.45. The Morgan fingerprint density at radius 3 is 2.59 bits per heavy atom. The average molecular weight is 530 g/mol. The van der Waals surface area contributed by atoms with Gasteiger partial charge in [0.05, 0.1) is 17.0 Å². The summed E-state index contributed by atoms with van der Waals surface area (Å²) in [6.45, 7) is 8.15. The lowest BCUT2D eigenvalue weighted by Crippen LogP contribution is -2.37. The number of carbonyl (C=O) groups is 2. The van der Waals surface area contributed by atoms with E-state index in [2.05, 4.69) is 0 Å². The van der Waals surface area contributed by atoms with E-state index >= 15 is 0 Å². The van der Waals surface area contributed by atoms with Gasteiger partial charge in [0, 0.05) is 36.3 Å². The highest BCUT2D eigenvalue weighted by Crippen LogP contribution is 2.42. The van der Waals surface area contributed by atoms with Gasteiger partial charge in [-0.15, -0.1) is 0 Å². The molecule has 1 amide bonds. The molecule has 0 bridgehead atoms. The first kappa shape index (κ1) is 25.2. The number of benzene rings is 2. The van der Waals surface area contributed by atoms with Crippen LogP contribution in [0.4, 0.5) is 14.0 Å². The lowest BCUT2D eigenvalue weighted by atomic mass is 9.99. The normalized spacial score (nSPS) is 19.3. The molecular weight excluding hydrogens is 501 g/mol. The van der Waals surface area contributed by atoms with Crippen LogP contribution in [-0.2, 0) is 19.5 Å². The molecule has 11 heteroatoms. The predicted octanol–water partition coefficient (Wildman–Crippen LogP) is 4.75. The fraction of sp³-hybridized carbons (Fsp3) is 0.385. The summed E-state index contributed by atoms with van der Waals surface area (Å²) in [5, 5.41) is 0.630. The van der Waals surface area contributed by atoms with Crippen molar-refractivity contribution in [2.45, 2.75) is 44.2 Å². The fourth-order valence-electron chi connectivity index (χ4n) is 4.82. The molecule has 0 aliphatic carbocycles. The number of sulfonamides is 1. The van der Waals surface area contributed by atoms with Gasteiger partial charge in [-0.3, -0.25) is 4.57 Å². The van der Waals surface area contributed by atoms with Gasteiger partial charge in [0.2, 0.25) is 10.0 Å². The van der Waals surface area contributed by atoms with Crippen LogP contribution < -0.4 is 0 Å². The Hall–Kier alpha value is -3.44. The quantitative estimate of drug-likeness (QED) is 0.484. The SMILES string of the molecule is CC1c2cc(-c3cn(C(=O)OC(C)(C)C)c4cc(F)ccc34)ccc2S(=O)(=O)N1CCN1CCOC1=O. The van der Waals surface area contributed by atoms with Crippen LogP contribution >= 0.6 is 0 Å². The number of aromatic nitrogens is 1. The zero-order valence-electron chi connectivity index (χ0n) is 21.0. The summed E-state index contributed by atoms with van der Waals surface area (Å²) in [6.07, 6.45) is 0.505. The summed E-state index contributed by atoms with van der Waals surface area (Å²) in [4.78, 5) is 26.4. The number of halogens is 1. The monoisotopic (exact) mass is 529 g/mol. The van der Waals surface area contributed by atoms with E-state index in [-0.39, 0.29) is 18.0 Å². The third-order valence-corrected chi connectivity index (χ3v) is 8.63. The van der Waals surface area contributed by atoms with Crippen molar-refractivity contribution in [1.82, 2.24) is 13.8 Å². The second-order valence-corrected chi connectivity index (χ2v) is 12.1. The van der Waals surface area contributed by atoms with Gasteiger partial charge in [-0.05, 0) is 69.2 Å². The molecule has 0 spiro atoms. The molecular formula is C26H28FN3O6S. The van der Waals surface area contributed by atoms with E-state index in [4.69, 9.17) is 9.47 Å². The number of cyclic esters (lactones) is 1. The summed E-state index contributed by atoms with van der Waals surface area (Å²) < 4.78 is 53.8. The molecule has 1 aromatic heterocycles. The van der Waals surface area contributed by atoms with Gasteiger partial charge in [-0.1, -0.05) is 6.07 Å². The molecule has 9 nitrogen and oxygen atoms in total. The highest BCUT2D eigenvalue weighted by atomic mass is 32.2. The maximum Gasteiger partial charge on any atom is 0.419 e. The molecule has 0 radical (unpaired) electrons. The molecule has 196 valence electrons. The zero-order valence-corrected chi connectivity index (χ0v) is 21.8. The number of hydrogen-bond acceptors (Lipinski definition) is 6. The summed E-state index contributed by atoms with van der Waals surface area (Å²) >= 11 is 0. The number of amides is 1. The first-order chi connectivity index (χ1) is 17.4. The fourth-order valence-corrected chi connectivity index (χ4v) is 6.69. The van der Waals surface area contributed by atoms with Crippen molar-refractivity contribution < 1.29 is 31.9 Å². The molecule has 3 aromatic rings. The van der Waals surface area contributed by atoms with Gasteiger partial charge < -0.3 is 14.4 Å². The number of nitrogens with zero attached hydrogens (tertiary/aromatic N) is 3. The molecule has 37 heavy (non-hydrogen) atoms. The van der Waals surface area contributed by atoms with Crippen LogP contribution in [0.2, 0.25) is 0 Å². The Morgan fingerprint density at radius 1 is 1.16 bits per heavy atom. The van der Waals surface area contributed by atoms with Gasteiger partial charge in [0.25, 0.3) is 0 Å². The maximum atomic E-state index is 14.1. The maximum absolute atomic E-state index is 14.1.